The zero-order chi connectivity index (χ0) is 18.9. The van der Waals surface area contributed by atoms with E-state index in [0.717, 1.165) is 19.3 Å². The topological polar surface area (TPSA) is 35.5 Å². The molecule has 142 valence electrons. The van der Waals surface area contributed by atoms with Crippen LogP contribution in [0.4, 0.5) is 0 Å². The molecule has 0 heterocycles. The van der Waals surface area contributed by atoms with Crippen molar-refractivity contribution in [2.24, 2.45) is 5.92 Å². The van der Waals surface area contributed by atoms with E-state index in [2.05, 4.69) is 62.0 Å². The van der Waals surface area contributed by atoms with Crippen LogP contribution in [-0.4, -0.2) is 27.0 Å². The molecule has 0 aliphatic rings. The molecule has 0 rings (SSSR count). The van der Waals surface area contributed by atoms with E-state index in [0.29, 0.717) is 23.2 Å². The maximum atomic E-state index is 11.6. The normalized spacial score (nSPS) is 15.0. The molecule has 0 aliphatic heterocycles. The lowest BCUT2D eigenvalue weighted by Gasteiger charge is -2.43. The summed E-state index contributed by atoms with van der Waals surface area (Å²) >= 11 is 0. The Hall–Kier alpha value is -0.613. The number of carbonyl (C=O) groups is 1. The molecular weight excluding hydrogens is 316 g/mol. The van der Waals surface area contributed by atoms with Crippen LogP contribution in [0, 0.1) is 5.92 Å². The summed E-state index contributed by atoms with van der Waals surface area (Å²) < 4.78 is 12.3. The molecule has 0 aromatic rings. The molecule has 4 heteroatoms. The highest BCUT2D eigenvalue weighted by Gasteiger charge is 2.45. The Morgan fingerprint density at radius 3 is 1.92 bits per heavy atom. The molecule has 0 N–H and O–H groups in total. The molecule has 24 heavy (non-hydrogen) atoms. The summed E-state index contributed by atoms with van der Waals surface area (Å²) in [5.41, 5.74) is 1.69. The van der Waals surface area contributed by atoms with Crippen LogP contribution < -0.4 is 0 Å². The predicted molar refractivity (Wildman–Crippen MR) is 106 cm³/mol. The van der Waals surface area contributed by atoms with Gasteiger partial charge in [0.2, 0.25) is 0 Å². The fourth-order valence-electron chi connectivity index (χ4n) is 3.95. The third-order valence-electron chi connectivity index (χ3n) is 5.21. The molecule has 2 atom stereocenters. The monoisotopic (exact) mass is 356 g/mol. The highest BCUT2D eigenvalue weighted by Crippen LogP contribution is 2.42. The summed E-state index contributed by atoms with van der Waals surface area (Å²) in [5, 5.41) is 0. The van der Waals surface area contributed by atoms with Crippen LogP contribution in [-0.2, 0) is 14.0 Å². The number of esters is 1. The first-order valence-electron chi connectivity index (χ1n) is 9.60. The second kappa shape index (κ2) is 11.1. The van der Waals surface area contributed by atoms with Gasteiger partial charge in [0.05, 0.1) is 0 Å². The minimum absolute atomic E-state index is 0.0892. The summed E-state index contributed by atoms with van der Waals surface area (Å²) in [6, 6.07) is 0. The molecule has 0 aliphatic carbocycles. The Morgan fingerprint density at radius 2 is 1.54 bits per heavy atom. The van der Waals surface area contributed by atoms with Gasteiger partial charge in [-0.05, 0) is 23.0 Å². The number of hydrogen-bond donors (Lipinski definition) is 0. The first kappa shape index (κ1) is 23.4. The van der Waals surface area contributed by atoms with Gasteiger partial charge >= 0.3 is 5.97 Å². The summed E-state index contributed by atoms with van der Waals surface area (Å²) in [6.45, 7) is 22.2. The summed E-state index contributed by atoms with van der Waals surface area (Å²) in [6.07, 6.45) is 4.20. The van der Waals surface area contributed by atoms with Gasteiger partial charge in [0, 0.05) is 18.6 Å². The summed E-state index contributed by atoms with van der Waals surface area (Å²) in [5.74, 6) is -0.133. The van der Waals surface area contributed by atoms with Crippen LogP contribution in [0.15, 0.2) is 12.7 Å². The van der Waals surface area contributed by atoms with Crippen molar-refractivity contribution in [1.29, 1.82) is 0 Å². The van der Waals surface area contributed by atoms with Crippen LogP contribution in [0.3, 0.4) is 0 Å². The second-order valence-electron chi connectivity index (χ2n) is 7.93. The largest absolute Gasteiger partial charge is 0.459 e. The molecule has 0 spiro atoms. The fraction of sp³-hybridized carbons (Fsp3) is 0.850. The minimum atomic E-state index is -1.88. The van der Waals surface area contributed by atoms with Crippen LogP contribution in [0.25, 0.3) is 0 Å². The maximum absolute atomic E-state index is 11.6. The maximum Gasteiger partial charge on any atom is 0.330 e. The van der Waals surface area contributed by atoms with Gasteiger partial charge in [0.25, 0.3) is 0 Å². The van der Waals surface area contributed by atoms with Gasteiger partial charge < -0.3 is 9.16 Å². The van der Waals surface area contributed by atoms with Crippen molar-refractivity contribution in [1.82, 2.24) is 0 Å². The van der Waals surface area contributed by atoms with E-state index in [1.165, 1.54) is 6.08 Å². The van der Waals surface area contributed by atoms with Crippen molar-refractivity contribution in [2.45, 2.75) is 97.4 Å². The molecule has 0 aromatic carbocycles. The zero-order valence-electron chi connectivity index (χ0n) is 17.2. The lowest BCUT2D eigenvalue weighted by Crippen LogP contribution is -2.49. The van der Waals surface area contributed by atoms with E-state index in [4.69, 9.17) is 9.16 Å². The Morgan fingerprint density at radius 1 is 1.04 bits per heavy atom. The van der Waals surface area contributed by atoms with Gasteiger partial charge in [0.15, 0.2) is 8.32 Å². The van der Waals surface area contributed by atoms with Crippen LogP contribution in [0.2, 0.25) is 16.6 Å². The van der Waals surface area contributed by atoms with Gasteiger partial charge in [-0.2, -0.15) is 0 Å². The Balaban J connectivity index is 5.08. The molecule has 3 nitrogen and oxygen atoms in total. The van der Waals surface area contributed by atoms with Crippen molar-refractivity contribution < 1.29 is 14.0 Å². The van der Waals surface area contributed by atoms with E-state index in [1.807, 2.05) is 0 Å². The van der Waals surface area contributed by atoms with E-state index >= 15 is 0 Å². The Labute approximate surface area is 151 Å². The summed E-state index contributed by atoms with van der Waals surface area (Å²) in [4.78, 5) is 11.6. The van der Waals surface area contributed by atoms with Crippen molar-refractivity contribution in [2.75, 3.05) is 6.61 Å². The molecule has 0 saturated carbocycles. The third kappa shape index (κ3) is 6.36. The summed E-state index contributed by atoms with van der Waals surface area (Å²) in [7, 11) is -1.88. The quantitative estimate of drug-likeness (QED) is 0.241. The van der Waals surface area contributed by atoms with Gasteiger partial charge in [-0.3, -0.25) is 0 Å². The molecular formula is C20H40O3Si. The van der Waals surface area contributed by atoms with Gasteiger partial charge in [-0.25, -0.2) is 4.79 Å². The third-order valence-corrected chi connectivity index (χ3v) is 11.3. The van der Waals surface area contributed by atoms with Crippen molar-refractivity contribution in [3.8, 4) is 0 Å². The predicted octanol–water partition coefficient (Wildman–Crippen LogP) is 6.10. The number of ether oxygens (including phenoxy) is 1. The fourth-order valence-corrected chi connectivity index (χ4v) is 9.50. The minimum Gasteiger partial charge on any atom is -0.459 e. The lowest BCUT2D eigenvalue weighted by atomic mass is 10.0. The van der Waals surface area contributed by atoms with E-state index in [1.54, 1.807) is 0 Å². The van der Waals surface area contributed by atoms with Gasteiger partial charge in [-0.1, -0.05) is 74.8 Å². The van der Waals surface area contributed by atoms with Crippen LogP contribution in [0.5, 0.6) is 0 Å². The van der Waals surface area contributed by atoms with Gasteiger partial charge in [0.1, 0.15) is 6.10 Å². The molecule has 0 radical (unpaired) electrons. The Kier molecular flexibility index (Phi) is 10.8. The molecule has 0 saturated heterocycles. The molecule has 0 fully saturated rings. The zero-order valence-corrected chi connectivity index (χ0v) is 18.2. The smallest absolute Gasteiger partial charge is 0.330 e. The molecule has 0 bridgehead atoms. The van der Waals surface area contributed by atoms with Gasteiger partial charge in [-0.15, -0.1) is 0 Å². The molecule has 2 unspecified atom stereocenters. The number of rotatable bonds is 12. The second-order valence-corrected chi connectivity index (χ2v) is 13.4. The van der Waals surface area contributed by atoms with E-state index < -0.39 is 8.32 Å². The van der Waals surface area contributed by atoms with Crippen molar-refractivity contribution in [3.05, 3.63) is 12.7 Å². The van der Waals surface area contributed by atoms with E-state index in [9.17, 15) is 4.79 Å². The number of carbonyl (C=O) groups excluding carboxylic acids is 1. The molecule has 0 aromatic heterocycles. The van der Waals surface area contributed by atoms with Crippen LogP contribution >= 0.6 is 0 Å². The highest BCUT2D eigenvalue weighted by molar-refractivity contribution is 6.77. The van der Waals surface area contributed by atoms with Crippen molar-refractivity contribution >= 4 is 14.3 Å². The standard InChI is InChI=1S/C20H40O3Si/c1-10-12-13-19(23-20(21)11-2)18(9)14-22-24(15(3)4,16(5)6)17(7)8/h11,15-19H,2,10,12-14H2,1,3-9H3. The first-order valence-corrected chi connectivity index (χ1v) is 11.7. The lowest BCUT2D eigenvalue weighted by molar-refractivity contribution is -0.146. The average Bonchev–Trinajstić information content (AvgIpc) is 2.50. The SMILES string of the molecule is C=CC(=O)OC(CCCC)C(C)CO[Si](C(C)C)(C(C)C)C(C)C. The van der Waals surface area contributed by atoms with Crippen LogP contribution in [0.1, 0.15) is 74.7 Å². The Bertz CT molecular complexity index is 355. The average molecular weight is 357 g/mol. The van der Waals surface area contributed by atoms with Crippen molar-refractivity contribution in [3.63, 3.8) is 0 Å². The number of unbranched alkanes of at least 4 members (excludes halogenated alkanes) is 1. The number of hydrogen-bond acceptors (Lipinski definition) is 3. The highest BCUT2D eigenvalue weighted by atomic mass is 28.4. The van der Waals surface area contributed by atoms with E-state index in [-0.39, 0.29) is 18.0 Å². The first-order chi connectivity index (χ1) is 11.1. The molecule has 0 amide bonds.